The van der Waals surface area contributed by atoms with Gasteiger partial charge in [-0.25, -0.2) is 9.59 Å². The normalized spacial score (nSPS) is 14.6. The molecule has 2 atom stereocenters. The molecule has 0 radical (unpaired) electrons. The molecule has 0 aliphatic heterocycles. The van der Waals surface area contributed by atoms with Crippen LogP contribution in [0.15, 0.2) is 27.3 Å². The molecule has 168 valence electrons. The molecule has 0 fully saturated rings. The summed E-state index contributed by atoms with van der Waals surface area (Å²) in [4.78, 5) is 43.6. The number of esters is 1. The highest BCUT2D eigenvalue weighted by molar-refractivity contribution is 7.52. The predicted octanol–water partition coefficient (Wildman–Crippen LogP) is 0.548. The molecule has 3 N–H and O–H groups in total. The zero-order chi connectivity index (χ0) is 22.5. The van der Waals surface area contributed by atoms with Crippen LogP contribution in [-0.4, -0.2) is 33.5 Å². The summed E-state index contributed by atoms with van der Waals surface area (Å²) in [6.45, 7) is 1.94. The van der Waals surface area contributed by atoms with Gasteiger partial charge in [0.2, 0.25) is 0 Å². The van der Waals surface area contributed by atoms with Gasteiger partial charge in [0.15, 0.2) is 30.2 Å². The van der Waals surface area contributed by atoms with Gasteiger partial charge in [0.1, 0.15) is 12.4 Å². The summed E-state index contributed by atoms with van der Waals surface area (Å²) in [5.74, 6) is -3.73. The Labute approximate surface area is 168 Å². The van der Waals surface area contributed by atoms with E-state index in [1.165, 1.54) is 13.8 Å². The first-order valence-electron chi connectivity index (χ1n) is 8.64. The van der Waals surface area contributed by atoms with Crippen LogP contribution in [-0.2, 0) is 31.8 Å². The predicted molar refractivity (Wildman–Crippen MR) is 94.2 cm³/mol. The minimum absolute atomic E-state index is 0.0292. The molecule has 14 heteroatoms. The lowest BCUT2D eigenvalue weighted by molar-refractivity contribution is -0.146. The molecule has 2 unspecified atom stereocenters. The van der Waals surface area contributed by atoms with E-state index in [9.17, 15) is 34.1 Å². The molecule has 0 aliphatic carbocycles. The molecular formula is C16H21O13P. The van der Waals surface area contributed by atoms with Crippen LogP contribution in [0.4, 0.5) is 0 Å². The number of aliphatic hydroxyl groups excluding tert-OH is 1. The number of ether oxygens (including phenoxy) is 1. The summed E-state index contributed by atoms with van der Waals surface area (Å²) in [7, 11) is -4.34. The van der Waals surface area contributed by atoms with Crippen molar-refractivity contribution >= 4 is 13.6 Å². The molecule has 13 nitrogen and oxygen atoms in total. The van der Waals surface area contributed by atoms with Gasteiger partial charge in [-0.3, -0.25) is 9.36 Å². The van der Waals surface area contributed by atoms with Crippen LogP contribution < -0.4 is 11.6 Å². The van der Waals surface area contributed by atoms with Crippen LogP contribution in [0.2, 0.25) is 0 Å². The molecule has 0 amide bonds. The average molecular weight is 452 g/mol. The van der Waals surface area contributed by atoms with Gasteiger partial charge in [0.25, 0.3) is 0 Å². The first-order valence-corrected chi connectivity index (χ1v) is 10.4. The number of carbonyl (C=O) groups excluding carboxylic acids is 1. The molecule has 2 aromatic rings. The van der Waals surface area contributed by atoms with E-state index in [4.69, 9.17) is 9.26 Å². The third kappa shape index (κ3) is 7.11. The summed E-state index contributed by atoms with van der Waals surface area (Å²) in [5, 5.41) is 18.9. The zero-order valence-electron chi connectivity index (χ0n) is 16.1. The maximum absolute atomic E-state index is 12.2. The van der Waals surface area contributed by atoms with Crippen LogP contribution in [0.1, 0.15) is 35.9 Å². The minimum Gasteiger partial charge on any atom is -0.457 e. The Balaban J connectivity index is 1.85. The van der Waals surface area contributed by atoms with E-state index < -0.39 is 50.2 Å². The number of aliphatic hydroxyl groups is 2. The number of rotatable bonds is 11. The molecule has 0 bridgehead atoms. The van der Waals surface area contributed by atoms with Crippen molar-refractivity contribution < 1.29 is 51.4 Å². The molecule has 0 spiro atoms. The Morgan fingerprint density at radius 3 is 2.00 bits per heavy atom. The smallest absolute Gasteiger partial charge is 0.457 e. The highest BCUT2D eigenvalue weighted by atomic mass is 31.2. The summed E-state index contributed by atoms with van der Waals surface area (Å²) < 4.78 is 40.5. The van der Waals surface area contributed by atoms with Gasteiger partial charge >= 0.3 is 25.2 Å². The van der Waals surface area contributed by atoms with Gasteiger partial charge in [-0.05, 0) is 20.3 Å². The average Bonchev–Trinajstić information content (AvgIpc) is 3.14. The highest BCUT2D eigenvalue weighted by Crippen LogP contribution is 2.46. The fraction of sp³-hybridized carbons (Fsp3) is 0.562. The molecule has 30 heavy (non-hydrogen) atoms. The zero-order valence-corrected chi connectivity index (χ0v) is 17.0. The van der Waals surface area contributed by atoms with Gasteiger partial charge < -0.3 is 42.0 Å². The van der Waals surface area contributed by atoms with E-state index in [-0.39, 0.29) is 42.5 Å². The Morgan fingerprint density at radius 2 is 1.53 bits per heavy atom. The lowest BCUT2D eigenvalue weighted by atomic mass is 10.1. The monoisotopic (exact) mass is 452 g/mol. The summed E-state index contributed by atoms with van der Waals surface area (Å²) in [6, 6.07) is 0. The van der Waals surface area contributed by atoms with Crippen LogP contribution in [0, 0.1) is 19.8 Å². The number of aryl methyl sites for hydroxylation is 2. The summed E-state index contributed by atoms with van der Waals surface area (Å²) in [5.41, 5.74) is 0. The molecular weight excluding hydrogens is 431 g/mol. The third-order valence-corrected chi connectivity index (χ3v) is 5.50. The van der Waals surface area contributed by atoms with E-state index in [2.05, 4.69) is 17.7 Å². The fourth-order valence-corrected chi connectivity index (χ4v) is 3.77. The Hall–Kier alpha value is -2.44. The maximum Gasteiger partial charge on any atom is 0.519 e. The topological polar surface area (TPSA) is 200 Å². The van der Waals surface area contributed by atoms with Crippen LogP contribution in [0.3, 0.4) is 0 Å². The summed E-state index contributed by atoms with van der Waals surface area (Å²) >= 11 is 0. The van der Waals surface area contributed by atoms with Crippen LogP contribution >= 0.6 is 7.60 Å². The number of hydrogen-bond acceptors (Lipinski definition) is 12. The second-order valence-electron chi connectivity index (χ2n) is 6.33. The standard InChI is InChI=1S/C16H21O13P/c1-8-11(28-15(20)26-8)5-24-13(17)4-3-10(14(18)19)7-30(22,23)25-6-12-9(2)27-16(21)29-12/h10,14,18-19H,3-7H2,1-2H3,(H,22,23). The van der Waals surface area contributed by atoms with Crippen molar-refractivity contribution in [2.45, 2.75) is 46.2 Å². The van der Waals surface area contributed by atoms with Crippen molar-refractivity contribution in [1.29, 1.82) is 0 Å². The molecule has 2 heterocycles. The largest absolute Gasteiger partial charge is 0.519 e. The van der Waals surface area contributed by atoms with E-state index in [1.54, 1.807) is 0 Å². The van der Waals surface area contributed by atoms with Crippen LogP contribution in [0.5, 0.6) is 0 Å². The molecule has 0 aliphatic rings. The van der Waals surface area contributed by atoms with E-state index >= 15 is 0 Å². The van der Waals surface area contributed by atoms with Crippen molar-refractivity contribution in [2.75, 3.05) is 6.16 Å². The second-order valence-corrected chi connectivity index (χ2v) is 8.23. The van der Waals surface area contributed by atoms with Crippen molar-refractivity contribution in [3.05, 3.63) is 44.3 Å². The lowest BCUT2D eigenvalue weighted by Gasteiger charge is -2.21. The lowest BCUT2D eigenvalue weighted by Crippen LogP contribution is -2.25. The van der Waals surface area contributed by atoms with E-state index in [1.807, 2.05) is 0 Å². The van der Waals surface area contributed by atoms with E-state index in [0.29, 0.717) is 0 Å². The Kier molecular flexibility index (Phi) is 7.98. The van der Waals surface area contributed by atoms with Crippen molar-refractivity contribution in [3.63, 3.8) is 0 Å². The molecule has 0 saturated carbocycles. The Bertz CT molecular complexity index is 1010. The molecule has 2 aromatic heterocycles. The number of hydrogen-bond donors (Lipinski definition) is 3. The van der Waals surface area contributed by atoms with Gasteiger partial charge in [0.05, 0.1) is 6.16 Å². The van der Waals surface area contributed by atoms with Crippen molar-refractivity contribution in [1.82, 2.24) is 0 Å². The minimum atomic E-state index is -4.34. The molecule has 2 rings (SSSR count). The van der Waals surface area contributed by atoms with Crippen LogP contribution in [0.25, 0.3) is 0 Å². The van der Waals surface area contributed by atoms with Gasteiger partial charge in [-0.15, -0.1) is 0 Å². The third-order valence-electron chi connectivity index (χ3n) is 4.04. The van der Waals surface area contributed by atoms with Gasteiger partial charge in [0, 0.05) is 12.3 Å². The highest BCUT2D eigenvalue weighted by Gasteiger charge is 2.30. The first kappa shape index (κ1) is 23.8. The van der Waals surface area contributed by atoms with Gasteiger partial charge in [-0.2, -0.15) is 0 Å². The number of carbonyl (C=O) groups is 1. The maximum atomic E-state index is 12.2. The SMILES string of the molecule is Cc1oc(=O)oc1COC(=O)CCC(CP(=O)(O)OCc1oc(=O)oc1C)C(O)O. The van der Waals surface area contributed by atoms with Crippen molar-refractivity contribution in [2.24, 2.45) is 5.92 Å². The quantitative estimate of drug-likeness (QED) is 0.243. The van der Waals surface area contributed by atoms with Crippen molar-refractivity contribution in [3.8, 4) is 0 Å². The Morgan fingerprint density at radius 1 is 1.00 bits per heavy atom. The first-order chi connectivity index (χ1) is 14.0. The van der Waals surface area contributed by atoms with Gasteiger partial charge in [-0.1, -0.05) is 0 Å². The molecule has 0 saturated heterocycles. The van der Waals surface area contributed by atoms with E-state index in [0.717, 1.165) is 0 Å². The fourth-order valence-electron chi connectivity index (χ4n) is 2.38. The summed E-state index contributed by atoms with van der Waals surface area (Å²) in [6.07, 6.45) is -3.23. The molecule has 0 aromatic carbocycles. The second kappa shape index (κ2) is 10.0.